The Morgan fingerprint density at radius 3 is 2.34 bits per heavy atom. The molecule has 2 aromatic carbocycles. The summed E-state index contributed by atoms with van der Waals surface area (Å²) in [5.74, 6) is 0.0584. The number of unbranched alkanes of at least 4 members (excludes halogenated alkanes) is 1. The van der Waals surface area contributed by atoms with Crippen molar-refractivity contribution >= 4 is 50.5 Å². The van der Waals surface area contributed by atoms with Gasteiger partial charge in [-0.15, -0.1) is 0 Å². The number of rotatable bonds is 12. The molecule has 0 aliphatic heterocycles. The fraction of sp³-hybridized carbons (Fsp3) is 0.364. The Labute approximate surface area is 199 Å². The number of carbonyl (C=O) groups excluding carboxylic acids is 1. The summed E-state index contributed by atoms with van der Waals surface area (Å²) in [6.45, 7) is 3.87. The maximum atomic E-state index is 12.8. The fourth-order valence-corrected chi connectivity index (χ4v) is 4.47. The molecule has 32 heavy (non-hydrogen) atoms. The number of hydrogen-bond acceptors (Lipinski definition) is 6. The SMILES string of the molecule is CCCC[C@H](NS(=O)(=O)c1ccc(Cl)cc1)C(=S)Nc1ccc(OCC(=O)OCC)cc1. The van der Waals surface area contributed by atoms with E-state index >= 15 is 0 Å². The topological polar surface area (TPSA) is 93.7 Å². The van der Waals surface area contributed by atoms with E-state index < -0.39 is 22.0 Å². The van der Waals surface area contributed by atoms with E-state index in [9.17, 15) is 13.2 Å². The van der Waals surface area contributed by atoms with Gasteiger partial charge in [-0.3, -0.25) is 0 Å². The molecule has 0 fully saturated rings. The maximum absolute atomic E-state index is 12.8. The van der Waals surface area contributed by atoms with Crippen LogP contribution in [0.5, 0.6) is 5.75 Å². The predicted octanol–water partition coefficient (Wildman–Crippen LogP) is 4.56. The van der Waals surface area contributed by atoms with Crippen LogP contribution in [0.2, 0.25) is 5.02 Å². The number of halogens is 1. The molecule has 0 unspecified atom stereocenters. The Balaban J connectivity index is 2.04. The van der Waals surface area contributed by atoms with Gasteiger partial charge >= 0.3 is 5.97 Å². The largest absolute Gasteiger partial charge is 0.482 e. The second kappa shape index (κ2) is 12.7. The molecule has 0 aromatic heterocycles. The van der Waals surface area contributed by atoms with E-state index in [2.05, 4.69) is 10.0 Å². The lowest BCUT2D eigenvalue weighted by Gasteiger charge is -2.21. The third-order valence-corrected chi connectivity index (χ3v) is 6.49. The Hall–Kier alpha value is -2.20. The van der Waals surface area contributed by atoms with Crippen molar-refractivity contribution in [1.29, 1.82) is 0 Å². The first-order valence-electron chi connectivity index (χ1n) is 10.2. The summed E-state index contributed by atoms with van der Waals surface area (Å²) in [7, 11) is -3.77. The maximum Gasteiger partial charge on any atom is 0.344 e. The number of thiocarbonyl (C=S) groups is 1. The molecule has 2 N–H and O–H groups in total. The molecule has 0 saturated carbocycles. The molecule has 0 spiro atoms. The van der Waals surface area contributed by atoms with Crippen LogP contribution in [0.1, 0.15) is 33.1 Å². The zero-order chi connectivity index (χ0) is 23.6. The molecule has 2 rings (SSSR count). The number of esters is 1. The average Bonchev–Trinajstić information content (AvgIpc) is 2.76. The third kappa shape index (κ3) is 8.38. The van der Waals surface area contributed by atoms with Crippen LogP contribution in [-0.4, -0.2) is 38.6 Å². The van der Waals surface area contributed by atoms with Gasteiger partial charge in [0.25, 0.3) is 0 Å². The van der Waals surface area contributed by atoms with E-state index in [1.807, 2.05) is 6.92 Å². The Bertz CT molecular complexity index is 996. The molecule has 10 heteroatoms. The zero-order valence-electron chi connectivity index (χ0n) is 18.0. The van der Waals surface area contributed by atoms with Gasteiger partial charge in [0.05, 0.1) is 22.5 Å². The lowest BCUT2D eigenvalue weighted by Crippen LogP contribution is -2.42. The van der Waals surface area contributed by atoms with Crippen molar-refractivity contribution in [2.75, 3.05) is 18.5 Å². The van der Waals surface area contributed by atoms with E-state index in [0.717, 1.165) is 12.8 Å². The highest BCUT2D eigenvalue weighted by molar-refractivity contribution is 7.89. The van der Waals surface area contributed by atoms with Crippen molar-refractivity contribution in [2.24, 2.45) is 0 Å². The number of nitrogens with one attached hydrogen (secondary N) is 2. The zero-order valence-corrected chi connectivity index (χ0v) is 20.4. The first-order valence-corrected chi connectivity index (χ1v) is 12.5. The Morgan fingerprint density at radius 2 is 1.75 bits per heavy atom. The van der Waals surface area contributed by atoms with Crippen molar-refractivity contribution in [1.82, 2.24) is 4.72 Å². The van der Waals surface area contributed by atoms with Gasteiger partial charge in [0.1, 0.15) is 5.75 Å². The lowest BCUT2D eigenvalue weighted by atomic mass is 10.1. The van der Waals surface area contributed by atoms with Crippen LogP contribution < -0.4 is 14.8 Å². The molecule has 1 atom stereocenters. The molecule has 174 valence electrons. The summed E-state index contributed by atoms with van der Waals surface area (Å²) in [5.41, 5.74) is 0.672. The second-order valence-corrected chi connectivity index (χ2v) is 9.47. The van der Waals surface area contributed by atoms with Gasteiger partial charge in [-0.1, -0.05) is 43.6 Å². The van der Waals surface area contributed by atoms with E-state index in [0.29, 0.717) is 34.5 Å². The van der Waals surface area contributed by atoms with Crippen molar-refractivity contribution in [2.45, 2.75) is 44.0 Å². The summed E-state index contributed by atoms with van der Waals surface area (Å²) in [5, 5.41) is 3.54. The molecule has 0 radical (unpaired) electrons. The van der Waals surface area contributed by atoms with E-state index in [4.69, 9.17) is 33.3 Å². The molecule has 0 heterocycles. The predicted molar refractivity (Wildman–Crippen MR) is 130 cm³/mol. The third-order valence-electron chi connectivity index (χ3n) is 4.37. The normalized spacial score (nSPS) is 12.1. The molecule has 0 saturated heterocycles. The monoisotopic (exact) mass is 498 g/mol. The lowest BCUT2D eigenvalue weighted by molar-refractivity contribution is -0.145. The van der Waals surface area contributed by atoms with E-state index in [1.165, 1.54) is 24.3 Å². The first-order chi connectivity index (χ1) is 15.2. The molecule has 0 aliphatic rings. The smallest absolute Gasteiger partial charge is 0.344 e. The summed E-state index contributed by atoms with van der Waals surface area (Å²) < 4.78 is 38.5. The van der Waals surface area contributed by atoms with Gasteiger partial charge < -0.3 is 14.8 Å². The minimum Gasteiger partial charge on any atom is -0.482 e. The number of sulfonamides is 1. The summed E-state index contributed by atoms with van der Waals surface area (Å²) >= 11 is 11.4. The molecule has 7 nitrogen and oxygen atoms in total. The first kappa shape index (κ1) is 26.1. The van der Waals surface area contributed by atoms with E-state index in [1.54, 1.807) is 31.2 Å². The van der Waals surface area contributed by atoms with Gasteiger partial charge in [0.2, 0.25) is 10.0 Å². The number of benzene rings is 2. The summed E-state index contributed by atoms with van der Waals surface area (Å²) in [6, 6.07) is 12.2. The highest BCUT2D eigenvalue weighted by atomic mass is 35.5. The van der Waals surface area contributed by atoms with Crippen LogP contribution in [0.4, 0.5) is 5.69 Å². The van der Waals surface area contributed by atoms with Crippen LogP contribution in [0.15, 0.2) is 53.4 Å². The van der Waals surface area contributed by atoms with Crippen molar-refractivity contribution in [3.05, 3.63) is 53.6 Å². The average molecular weight is 499 g/mol. The molecular formula is C22H27ClN2O5S2. The molecule has 0 aliphatic carbocycles. The minimum absolute atomic E-state index is 0.120. The standard InChI is InChI=1S/C22H27ClN2O5S2/c1-3-5-6-20(25-32(27,28)19-13-7-16(23)8-14-19)22(31)24-17-9-11-18(12-10-17)30-15-21(26)29-4-2/h7-14,20,25H,3-6,15H2,1-2H3,(H,24,31)/t20-/m0/s1. The van der Waals surface area contributed by atoms with Gasteiger partial charge in [0.15, 0.2) is 6.61 Å². The fourth-order valence-electron chi connectivity index (χ4n) is 2.73. The second-order valence-electron chi connectivity index (χ2n) is 6.88. The van der Waals surface area contributed by atoms with Crippen LogP contribution >= 0.6 is 23.8 Å². The highest BCUT2D eigenvalue weighted by Crippen LogP contribution is 2.19. The van der Waals surface area contributed by atoms with Gasteiger partial charge in [-0.2, -0.15) is 0 Å². The van der Waals surface area contributed by atoms with Crippen molar-refractivity contribution in [3.8, 4) is 5.75 Å². The van der Waals surface area contributed by atoms with Crippen LogP contribution in [-0.2, 0) is 19.6 Å². The molecule has 2 aromatic rings. The van der Waals surface area contributed by atoms with Gasteiger partial charge in [0, 0.05) is 10.7 Å². The number of ether oxygens (including phenoxy) is 2. The van der Waals surface area contributed by atoms with Crippen LogP contribution in [0, 0.1) is 0 Å². The number of carbonyl (C=O) groups is 1. The van der Waals surface area contributed by atoms with Gasteiger partial charge in [-0.25, -0.2) is 17.9 Å². The minimum atomic E-state index is -3.77. The van der Waals surface area contributed by atoms with Crippen LogP contribution in [0.25, 0.3) is 0 Å². The molecular weight excluding hydrogens is 472 g/mol. The molecule has 0 bridgehead atoms. The van der Waals surface area contributed by atoms with E-state index in [-0.39, 0.29) is 11.5 Å². The van der Waals surface area contributed by atoms with Crippen molar-refractivity contribution < 1.29 is 22.7 Å². The number of hydrogen-bond donors (Lipinski definition) is 2. The summed E-state index contributed by atoms with van der Waals surface area (Å²) in [6.07, 6.45) is 2.25. The summed E-state index contributed by atoms with van der Waals surface area (Å²) in [4.78, 5) is 11.9. The van der Waals surface area contributed by atoms with Crippen molar-refractivity contribution in [3.63, 3.8) is 0 Å². The van der Waals surface area contributed by atoms with Crippen LogP contribution in [0.3, 0.4) is 0 Å². The Kier molecular flexibility index (Phi) is 10.4. The quantitative estimate of drug-likeness (QED) is 0.327. The number of anilines is 1. The molecule has 0 amide bonds. The highest BCUT2D eigenvalue weighted by Gasteiger charge is 2.23. The van der Waals surface area contributed by atoms with Gasteiger partial charge in [-0.05, 0) is 61.9 Å². The Morgan fingerprint density at radius 1 is 1.09 bits per heavy atom.